The van der Waals surface area contributed by atoms with Crippen LogP contribution >= 0.6 is 0 Å². The molecule has 1 aliphatic heterocycles. The van der Waals surface area contributed by atoms with Crippen LogP contribution in [0.3, 0.4) is 0 Å². The highest BCUT2D eigenvalue weighted by atomic mass is 16.5. The van der Waals surface area contributed by atoms with E-state index in [9.17, 15) is 9.59 Å². The minimum Gasteiger partial charge on any atom is -0.493 e. The van der Waals surface area contributed by atoms with Crippen molar-refractivity contribution in [2.75, 3.05) is 25.7 Å². The minimum absolute atomic E-state index is 0.128. The summed E-state index contributed by atoms with van der Waals surface area (Å²) in [4.78, 5) is 25.9. The predicted molar refractivity (Wildman–Crippen MR) is 78.7 cm³/mol. The van der Waals surface area contributed by atoms with E-state index in [1.165, 1.54) is 0 Å². The third-order valence-corrected chi connectivity index (χ3v) is 3.47. The summed E-state index contributed by atoms with van der Waals surface area (Å²) in [5, 5.41) is 2.73. The Morgan fingerprint density at radius 2 is 1.81 bits per heavy atom. The van der Waals surface area contributed by atoms with Crippen LogP contribution in [0.15, 0.2) is 18.2 Å². The molecule has 1 heterocycles. The number of ether oxygens (including phenoxy) is 2. The van der Waals surface area contributed by atoms with Crippen LogP contribution in [-0.4, -0.2) is 38.1 Å². The van der Waals surface area contributed by atoms with Gasteiger partial charge in [-0.05, 0) is 26.0 Å². The SMILES string of the molecule is COc1ccc(N2CCC(=O)NC(C)(C)C2=O)cc1OC. The maximum Gasteiger partial charge on any atom is 0.252 e. The Hall–Kier alpha value is -2.24. The number of benzene rings is 1. The van der Waals surface area contributed by atoms with E-state index >= 15 is 0 Å². The van der Waals surface area contributed by atoms with Crippen molar-refractivity contribution >= 4 is 17.5 Å². The Kier molecular flexibility index (Phi) is 4.06. The molecule has 1 aliphatic rings. The van der Waals surface area contributed by atoms with E-state index in [0.29, 0.717) is 23.7 Å². The van der Waals surface area contributed by atoms with Gasteiger partial charge in [0.1, 0.15) is 5.54 Å². The molecule has 21 heavy (non-hydrogen) atoms. The van der Waals surface area contributed by atoms with E-state index in [4.69, 9.17) is 9.47 Å². The topological polar surface area (TPSA) is 67.9 Å². The third kappa shape index (κ3) is 2.94. The minimum atomic E-state index is -0.930. The van der Waals surface area contributed by atoms with Gasteiger partial charge in [0.25, 0.3) is 5.91 Å². The lowest BCUT2D eigenvalue weighted by Gasteiger charge is -2.29. The molecule has 1 saturated heterocycles. The van der Waals surface area contributed by atoms with Crippen molar-refractivity contribution in [3.8, 4) is 11.5 Å². The first-order valence-corrected chi connectivity index (χ1v) is 6.74. The van der Waals surface area contributed by atoms with Crippen LogP contribution in [-0.2, 0) is 9.59 Å². The second-order valence-electron chi connectivity index (χ2n) is 5.42. The molecule has 1 aromatic rings. The van der Waals surface area contributed by atoms with Gasteiger partial charge in [0.2, 0.25) is 5.91 Å². The molecule has 0 saturated carbocycles. The fraction of sp³-hybridized carbons (Fsp3) is 0.467. The van der Waals surface area contributed by atoms with E-state index in [1.807, 2.05) is 0 Å². The van der Waals surface area contributed by atoms with Gasteiger partial charge in [-0.2, -0.15) is 0 Å². The van der Waals surface area contributed by atoms with E-state index in [1.54, 1.807) is 51.2 Å². The molecule has 0 spiro atoms. The molecule has 1 fully saturated rings. The molecule has 0 aliphatic carbocycles. The van der Waals surface area contributed by atoms with Gasteiger partial charge in [-0.15, -0.1) is 0 Å². The van der Waals surface area contributed by atoms with Gasteiger partial charge < -0.3 is 19.7 Å². The molecule has 0 atom stereocenters. The van der Waals surface area contributed by atoms with Crippen LogP contribution in [0.25, 0.3) is 0 Å². The second kappa shape index (κ2) is 5.63. The number of methoxy groups -OCH3 is 2. The number of amides is 2. The lowest BCUT2D eigenvalue weighted by atomic mass is 10.0. The molecule has 6 heteroatoms. The molecule has 1 N–H and O–H groups in total. The summed E-state index contributed by atoms with van der Waals surface area (Å²) in [6, 6.07) is 5.27. The monoisotopic (exact) mass is 292 g/mol. The molecule has 0 unspecified atom stereocenters. The van der Waals surface area contributed by atoms with Gasteiger partial charge in [-0.1, -0.05) is 0 Å². The smallest absolute Gasteiger partial charge is 0.252 e. The molecule has 2 amide bonds. The summed E-state index contributed by atoms with van der Waals surface area (Å²) in [6.07, 6.45) is 0.267. The van der Waals surface area contributed by atoms with Crippen LogP contribution in [0.5, 0.6) is 11.5 Å². The average molecular weight is 292 g/mol. The third-order valence-electron chi connectivity index (χ3n) is 3.47. The summed E-state index contributed by atoms with van der Waals surface area (Å²) in [5.41, 5.74) is -0.247. The van der Waals surface area contributed by atoms with Gasteiger partial charge in [0, 0.05) is 24.7 Å². The number of carbonyl (C=O) groups is 2. The van der Waals surface area contributed by atoms with Crippen LogP contribution in [0, 0.1) is 0 Å². The molecular formula is C15H20N2O4. The summed E-state index contributed by atoms with van der Waals surface area (Å²) in [7, 11) is 3.10. The molecule has 1 aromatic carbocycles. The zero-order valence-electron chi connectivity index (χ0n) is 12.7. The van der Waals surface area contributed by atoms with Gasteiger partial charge in [-0.25, -0.2) is 0 Å². The molecule has 0 bridgehead atoms. The number of nitrogens with zero attached hydrogens (tertiary/aromatic N) is 1. The summed E-state index contributed by atoms with van der Waals surface area (Å²) in [5.74, 6) is 0.859. The predicted octanol–water partition coefficient (Wildman–Crippen LogP) is 1.34. The van der Waals surface area contributed by atoms with Gasteiger partial charge in [-0.3, -0.25) is 9.59 Å². The van der Waals surface area contributed by atoms with Crippen molar-refractivity contribution in [2.45, 2.75) is 25.8 Å². The largest absolute Gasteiger partial charge is 0.493 e. The molecule has 6 nitrogen and oxygen atoms in total. The fourth-order valence-corrected chi connectivity index (χ4v) is 2.36. The maximum absolute atomic E-state index is 12.6. The first kappa shape index (κ1) is 15.2. The van der Waals surface area contributed by atoms with E-state index in [-0.39, 0.29) is 18.2 Å². The number of carbonyl (C=O) groups excluding carboxylic acids is 2. The van der Waals surface area contributed by atoms with Crippen molar-refractivity contribution in [3.05, 3.63) is 18.2 Å². The number of hydrogen-bond acceptors (Lipinski definition) is 4. The second-order valence-corrected chi connectivity index (χ2v) is 5.42. The van der Waals surface area contributed by atoms with Crippen molar-refractivity contribution < 1.29 is 19.1 Å². The van der Waals surface area contributed by atoms with Crippen LogP contribution < -0.4 is 19.7 Å². The summed E-state index contributed by atoms with van der Waals surface area (Å²) >= 11 is 0. The van der Waals surface area contributed by atoms with Crippen molar-refractivity contribution in [3.63, 3.8) is 0 Å². The van der Waals surface area contributed by atoms with Crippen molar-refractivity contribution in [1.29, 1.82) is 0 Å². The van der Waals surface area contributed by atoms with Gasteiger partial charge >= 0.3 is 0 Å². The number of hydrogen-bond donors (Lipinski definition) is 1. The number of anilines is 1. The molecule has 114 valence electrons. The molecular weight excluding hydrogens is 272 g/mol. The Labute approximate surface area is 124 Å². The first-order chi connectivity index (χ1) is 9.89. The highest BCUT2D eigenvalue weighted by Crippen LogP contribution is 2.32. The first-order valence-electron chi connectivity index (χ1n) is 6.74. The quantitative estimate of drug-likeness (QED) is 0.912. The van der Waals surface area contributed by atoms with Crippen molar-refractivity contribution in [1.82, 2.24) is 5.32 Å². The zero-order valence-corrected chi connectivity index (χ0v) is 12.7. The number of rotatable bonds is 3. The average Bonchev–Trinajstić information content (AvgIpc) is 2.55. The maximum atomic E-state index is 12.6. The highest BCUT2D eigenvalue weighted by molar-refractivity contribution is 6.03. The van der Waals surface area contributed by atoms with E-state index < -0.39 is 5.54 Å². The van der Waals surface area contributed by atoms with Crippen LogP contribution in [0.1, 0.15) is 20.3 Å². The lowest BCUT2D eigenvalue weighted by molar-refractivity contribution is -0.128. The summed E-state index contributed by atoms with van der Waals surface area (Å²) < 4.78 is 10.5. The summed E-state index contributed by atoms with van der Waals surface area (Å²) in [6.45, 7) is 3.74. The Morgan fingerprint density at radius 3 is 2.43 bits per heavy atom. The zero-order chi connectivity index (χ0) is 15.6. The van der Waals surface area contributed by atoms with Crippen LogP contribution in [0.2, 0.25) is 0 Å². The number of nitrogens with one attached hydrogen (secondary N) is 1. The Balaban J connectivity index is 2.40. The molecule has 2 rings (SSSR count). The highest BCUT2D eigenvalue weighted by Gasteiger charge is 2.37. The lowest BCUT2D eigenvalue weighted by Crippen LogP contribution is -2.53. The normalized spacial score (nSPS) is 18.0. The van der Waals surface area contributed by atoms with Gasteiger partial charge in [0.05, 0.1) is 14.2 Å². The van der Waals surface area contributed by atoms with Crippen molar-refractivity contribution in [2.24, 2.45) is 0 Å². The molecule has 0 radical (unpaired) electrons. The van der Waals surface area contributed by atoms with Gasteiger partial charge in [0.15, 0.2) is 11.5 Å². The Bertz CT molecular complexity index is 569. The molecule has 0 aromatic heterocycles. The van der Waals surface area contributed by atoms with Crippen LogP contribution in [0.4, 0.5) is 5.69 Å². The fourth-order valence-electron chi connectivity index (χ4n) is 2.36. The van der Waals surface area contributed by atoms with E-state index in [2.05, 4.69) is 5.32 Å². The van der Waals surface area contributed by atoms with E-state index in [0.717, 1.165) is 0 Å². The Morgan fingerprint density at radius 1 is 1.14 bits per heavy atom. The standard InChI is InChI=1S/C15H20N2O4/c1-15(2)14(19)17(8-7-13(18)16-15)10-5-6-11(20-3)12(9-10)21-4/h5-6,9H,7-8H2,1-4H3,(H,16,18).